The number of nitro benzene ring substituents is 1. The second-order valence-corrected chi connectivity index (χ2v) is 11.7. The summed E-state index contributed by atoms with van der Waals surface area (Å²) in [4.78, 5) is 10.0. The molecule has 0 saturated heterocycles. The van der Waals surface area contributed by atoms with Gasteiger partial charge in [0, 0.05) is 16.3 Å². The molecule has 2 aromatic carbocycles. The van der Waals surface area contributed by atoms with Gasteiger partial charge in [-0.2, -0.15) is 47.9 Å². The molecule has 0 N–H and O–H groups in total. The van der Waals surface area contributed by atoms with Gasteiger partial charge in [0.15, 0.2) is 0 Å². The van der Waals surface area contributed by atoms with Gasteiger partial charge in [-0.1, -0.05) is 28.5 Å². The maximum Gasteiger partial charge on any atom is 0.460 e. The summed E-state index contributed by atoms with van der Waals surface area (Å²) in [6, 6.07) is 6.68. The van der Waals surface area contributed by atoms with Crippen LogP contribution in [-0.2, 0) is 13.7 Å². The van der Waals surface area contributed by atoms with Crippen LogP contribution < -0.4 is 0 Å². The summed E-state index contributed by atoms with van der Waals surface area (Å²) >= 11 is 0. The molecule has 0 amide bonds. The molecule has 0 unspecified atom stereocenters. The number of nitro groups is 1. The van der Waals surface area contributed by atoms with Crippen molar-refractivity contribution < 1.29 is 56.5 Å². The van der Waals surface area contributed by atoms with E-state index in [1.807, 2.05) is 0 Å². The minimum atomic E-state index is -7.44. The molecule has 6 nitrogen and oxygen atoms in total. The van der Waals surface area contributed by atoms with E-state index in [9.17, 15) is 58.0 Å². The van der Waals surface area contributed by atoms with E-state index in [-0.39, 0.29) is 15.7 Å². The quantitative estimate of drug-likeness (QED) is 0.253. The molecule has 0 radical (unpaired) electrons. The Morgan fingerprint density at radius 2 is 1.30 bits per heavy atom. The Labute approximate surface area is 181 Å². The van der Waals surface area contributed by atoms with E-state index in [0.717, 1.165) is 24.6 Å². The van der Waals surface area contributed by atoms with E-state index < -0.39 is 54.3 Å². The number of hydrogen-bond donors (Lipinski definition) is 0. The molecule has 0 saturated carbocycles. The van der Waals surface area contributed by atoms with Gasteiger partial charge in [0.2, 0.25) is 0 Å². The SMILES string of the molecule is CS(C)(OS(=O)(=O)C(F)(F)C(F)(F)C(F)(F)C(F)(F)F)c1ccc([N+](=O)[O-])c2ccccc12. The lowest BCUT2D eigenvalue weighted by molar-refractivity contribution is -0.383. The van der Waals surface area contributed by atoms with Crippen LogP contribution in [0.15, 0.2) is 41.3 Å². The molecule has 0 aliphatic carbocycles. The van der Waals surface area contributed by atoms with Crippen LogP contribution in [0.25, 0.3) is 10.8 Å². The number of benzene rings is 2. The molecule has 0 aliphatic heterocycles. The van der Waals surface area contributed by atoms with Crippen LogP contribution in [0.3, 0.4) is 0 Å². The predicted octanol–water partition coefficient (Wildman–Crippen LogP) is 5.86. The summed E-state index contributed by atoms with van der Waals surface area (Å²) in [5.41, 5.74) is -0.505. The minimum Gasteiger partial charge on any atom is -0.258 e. The summed E-state index contributed by atoms with van der Waals surface area (Å²) < 4.78 is 146. The van der Waals surface area contributed by atoms with Gasteiger partial charge in [-0.05, 0) is 24.6 Å². The molecule has 0 bridgehead atoms. The lowest BCUT2D eigenvalue weighted by Crippen LogP contribution is -2.63. The third-order valence-corrected chi connectivity index (χ3v) is 8.65. The molecular weight excluding hydrogens is 521 g/mol. The number of alkyl halides is 9. The Morgan fingerprint density at radius 3 is 1.76 bits per heavy atom. The number of non-ortho nitro benzene ring substituents is 1. The summed E-state index contributed by atoms with van der Waals surface area (Å²) in [5.74, 6) is -14.9. The van der Waals surface area contributed by atoms with Crippen LogP contribution in [0.5, 0.6) is 0 Å². The Balaban J connectivity index is 2.62. The van der Waals surface area contributed by atoms with Gasteiger partial charge in [-0.3, -0.25) is 10.1 Å². The standard InChI is InChI=1S/C16H12F9NO5S2/c1-32(2,12-8-7-11(26(27)28)9-5-3-4-6-10(9)12)31-33(29,30)16(24,25)14(19,20)13(17,18)15(21,22)23/h3-8H,1-2H3. The molecule has 0 aliphatic rings. The van der Waals surface area contributed by atoms with Crippen molar-refractivity contribution >= 4 is 36.9 Å². The Kier molecular flexibility index (Phi) is 6.46. The Morgan fingerprint density at radius 1 is 0.818 bits per heavy atom. The van der Waals surface area contributed by atoms with Crippen LogP contribution in [0.1, 0.15) is 0 Å². The van der Waals surface area contributed by atoms with E-state index in [4.69, 9.17) is 0 Å². The minimum absolute atomic E-state index is 0.127. The molecular formula is C16H12F9NO5S2. The molecule has 17 heteroatoms. The normalized spacial score (nSPS) is 15.0. The lowest BCUT2D eigenvalue weighted by atomic mass is 10.1. The maximum absolute atomic E-state index is 14.0. The third kappa shape index (κ3) is 4.21. The molecule has 0 heterocycles. The zero-order valence-corrected chi connectivity index (χ0v) is 17.8. The fraction of sp³-hybridized carbons (Fsp3) is 0.375. The average molecular weight is 533 g/mol. The predicted molar refractivity (Wildman–Crippen MR) is 99.2 cm³/mol. The van der Waals surface area contributed by atoms with Gasteiger partial charge in [0.1, 0.15) is 0 Å². The summed E-state index contributed by atoms with van der Waals surface area (Å²) in [6.07, 6.45) is -5.64. The van der Waals surface area contributed by atoms with Gasteiger partial charge in [0.05, 0.1) is 10.3 Å². The van der Waals surface area contributed by atoms with E-state index in [1.54, 1.807) is 0 Å². The van der Waals surface area contributed by atoms with Crippen molar-refractivity contribution in [1.82, 2.24) is 0 Å². The Hall–Kier alpha value is -2.27. The van der Waals surface area contributed by atoms with Gasteiger partial charge in [0.25, 0.3) is 5.69 Å². The number of hydrogen-bond acceptors (Lipinski definition) is 5. The molecule has 0 fully saturated rings. The highest BCUT2D eigenvalue weighted by molar-refractivity contribution is 8.32. The van der Waals surface area contributed by atoms with E-state index in [1.165, 1.54) is 24.3 Å². The number of nitrogens with zero attached hydrogens (tertiary/aromatic N) is 1. The van der Waals surface area contributed by atoms with Crippen LogP contribution in [0.4, 0.5) is 45.2 Å². The first-order valence-electron chi connectivity index (χ1n) is 8.17. The average Bonchev–Trinajstić information content (AvgIpc) is 2.64. The molecule has 33 heavy (non-hydrogen) atoms. The topological polar surface area (TPSA) is 86.5 Å². The third-order valence-electron chi connectivity index (χ3n) is 4.28. The van der Waals surface area contributed by atoms with E-state index in [2.05, 4.69) is 3.63 Å². The second kappa shape index (κ2) is 7.90. The highest BCUT2D eigenvalue weighted by Crippen LogP contribution is 2.60. The molecule has 2 aromatic rings. The van der Waals surface area contributed by atoms with Crippen molar-refractivity contribution in [3.8, 4) is 0 Å². The highest BCUT2D eigenvalue weighted by Gasteiger charge is 2.86. The maximum atomic E-state index is 14.0. The van der Waals surface area contributed by atoms with E-state index >= 15 is 0 Å². The monoisotopic (exact) mass is 533 g/mol. The van der Waals surface area contributed by atoms with Gasteiger partial charge < -0.3 is 0 Å². The molecule has 0 spiro atoms. The molecule has 186 valence electrons. The van der Waals surface area contributed by atoms with Crippen molar-refractivity contribution in [3.05, 3.63) is 46.5 Å². The fourth-order valence-electron chi connectivity index (χ4n) is 2.66. The lowest BCUT2D eigenvalue weighted by Gasteiger charge is -2.36. The first-order valence-corrected chi connectivity index (χ1v) is 12.0. The number of halogens is 9. The molecule has 2 rings (SSSR count). The zero-order valence-electron chi connectivity index (χ0n) is 16.2. The summed E-state index contributed by atoms with van der Waals surface area (Å²) in [5, 5.41) is 3.88. The van der Waals surface area contributed by atoms with Crippen LogP contribution in [0, 0.1) is 10.1 Å². The Bertz CT molecular complexity index is 1200. The van der Waals surface area contributed by atoms with Crippen LogP contribution in [0.2, 0.25) is 0 Å². The van der Waals surface area contributed by atoms with Crippen molar-refractivity contribution in [2.75, 3.05) is 12.5 Å². The van der Waals surface area contributed by atoms with Crippen LogP contribution in [-0.4, -0.2) is 49.1 Å². The number of rotatable bonds is 7. The largest absolute Gasteiger partial charge is 0.460 e. The van der Waals surface area contributed by atoms with Gasteiger partial charge >= 0.3 is 33.4 Å². The molecule has 0 aromatic heterocycles. The fourth-order valence-corrected chi connectivity index (χ4v) is 6.64. The first kappa shape index (κ1) is 27.0. The second-order valence-electron chi connectivity index (χ2n) is 6.80. The smallest absolute Gasteiger partial charge is 0.258 e. The number of fused-ring (bicyclic) bond motifs is 1. The van der Waals surface area contributed by atoms with Gasteiger partial charge in [-0.25, -0.2) is 3.63 Å². The van der Waals surface area contributed by atoms with Gasteiger partial charge in [-0.15, -0.1) is 0 Å². The summed E-state index contributed by atoms with van der Waals surface area (Å²) in [7, 11) is -10.8. The van der Waals surface area contributed by atoms with Crippen molar-refractivity contribution in [2.45, 2.75) is 28.2 Å². The van der Waals surface area contributed by atoms with Crippen LogP contribution >= 0.6 is 10.3 Å². The molecule has 0 atom stereocenters. The van der Waals surface area contributed by atoms with Crippen molar-refractivity contribution in [2.24, 2.45) is 0 Å². The van der Waals surface area contributed by atoms with Crippen molar-refractivity contribution in [1.29, 1.82) is 0 Å². The van der Waals surface area contributed by atoms with Crippen molar-refractivity contribution in [3.63, 3.8) is 0 Å². The zero-order chi connectivity index (χ0) is 25.8. The first-order chi connectivity index (χ1) is 14.6. The summed E-state index contributed by atoms with van der Waals surface area (Å²) in [6.45, 7) is 0. The highest BCUT2D eigenvalue weighted by atomic mass is 32.3. The van der Waals surface area contributed by atoms with E-state index in [0.29, 0.717) is 0 Å².